The van der Waals surface area contributed by atoms with Crippen molar-refractivity contribution in [3.05, 3.63) is 29.8 Å². The monoisotopic (exact) mass is 192 g/mol. The number of phenolic OH excluding ortho intramolecular Hbond substituents is 1. The second-order valence-electron chi connectivity index (χ2n) is 5.03. The van der Waals surface area contributed by atoms with Crippen LogP contribution >= 0.6 is 0 Å². The fraction of sp³-hybridized carbons (Fsp3) is 0.538. The predicted molar refractivity (Wildman–Crippen MR) is 60.6 cm³/mol. The van der Waals surface area contributed by atoms with Gasteiger partial charge in [-0.3, -0.25) is 0 Å². The molecule has 0 unspecified atom stereocenters. The Kier molecular flexibility index (Phi) is 3.20. The second kappa shape index (κ2) is 4.04. The van der Waals surface area contributed by atoms with E-state index in [0.717, 1.165) is 6.42 Å². The van der Waals surface area contributed by atoms with Gasteiger partial charge >= 0.3 is 0 Å². The van der Waals surface area contributed by atoms with E-state index in [1.54, 1.807) is 12.1 Å². The summed E-state index contributed by atoms with van der Waals surface area (Å²) in [5.41, 5.74) is 1.49. The number of rotatable bonds is 3. The summed E-state index contributed by atoms with van der Waals surface area (Å²) < 4.78 is 0. The molecule has 1 rings (SSSR count). The second-order valence-corrected chi connectivity index (χ2v) is 5.03. The average Bonchev–Trinajstić information content (AvgIpc) is 2.02. The molecule has 0 amide bonds. The topological polar surface area (TPSA) is 20.2 Å². The summed E-state index contributed by atoms with van der Waals surface area (Å²) >= 11 is 0. The molecule has 1 heteroatoms. The lowest BCUT2D eigenvalue weighted by Gasteiger charge is -2.27. The van der Waals surface area contributed by atoms with Gasteiger partial charge in [-0.2, -0.15) is 0 Å². The molecule has 0 atom stereocenters. The Morgan fingerprint density at radius 3 is 2.07 bits per heavy atom. The highest BCUT2D eigenvalue weighted by Gasteiger charge is 2.21. The third-order valence-electron chi connectivity index (χ3n) is 2.57. The van der Waals surface area contributed by atoms with Crippen LogP contribution in [0, 0.1) is 5.92 Å². The summed E-state index contributed by atoms with van der Waals surface area (Å²) in [6.45, 7) is 8.98. The molecule has 1 N–H and O–H groups in total. The third-order valence-corrected chi connectivity index (χ3v) is 2.57. The average molecular weight is 192 g/mol. The molecule has 0 saturated heterocycles. The Hall–Kier alpha value is -0.980. The molecule has 0 bridgehead atoms. The van der Waals surface area contributed by atoms with Crippen LogP contribution in [0.2, 0.25) is 0 Å². The first-order valence-corrected chi connectivity index (χ1v) is 5.21. The van der Waals surface area contributed by atoms with Crippen LogP contribution in [-0.2, 0) is 5.41 Å². The van der Waals surface area contributed by atoms with Crippen LogP contribution in [-0.4, -0.2) is 5.11 Å². The first kappa shape index (κ1) is 11.1. The molecule has 0 spiro atoms. The Labute approximate surface area is 86.8 Å². The lowest BCUT2D eigenvalue weighted by molar-refractivity contribution is 0.399. The molecule has 1 aromatic rings. The fourth-order valence-electron chi connectivity index (χ4n) is 2.05. The Morgan fingerprint density at radius 2 is 1.64 bits per heavy atom. The van der Waals surface area contributed by atoms with Crippen LogP contribution in [0.15, 0.2) is 24.3 Å². The summed E-state index contributed by atoms with van der Waals surface area (Å²) in [7, 11) is 0. The van der Waals surface area contributed by atoms with Crippen molar-refractivity contribution >= 4 is 0 Å². The molecule has 0 radical (unpaired) electrons. The highest BCUT2D eigenvalue weighted by Crippen LogP contribution is 2.31. The minimum atomic E-state index is 0.196. The fourth-order valence-corrected chi connectivity index (χ4v) is 2.05. The smallest absolute Gasteiger partial charge is 0.115 e. The van der Waals surface area contributed by atoms with E-state index in [4.69, 9.17) is 0 Å². The van der Waals surface area contributed by atoms with E-state index in [-0.39, 0.29) is 5.41 Å². The highest BCUT2D eigenvalue weighted by molar-refractivity contribution is 5.30. The van der Waals surface area contributed by atoms with Gasteiger partial charge in [0.2, 0.25) is 0 Å². The van der Waals surface area contributed by atoms with Crippen LogP contribution in [0.3, 0.4) is 0 Å². The normalized spacial score (nSPS) is 12.1. The summed E-state index contributed by atoms with van der Waals surface area (Å²) in [4.78, 5) is 0. The van der Waals surface area contributed by atoms with Crippen LogP contribution in [0.4, 0.5) is 0 Å². The minimum Gasteiger partial charge on any atom is -0.508 e. The molecule has 0 heterocycles. The lowest BCUT2D eigenvalue weighted by Crippen LogP contribution is -2.19. The van der Waals surface area contributed by atoms with Crippen molar-refractivity contribution in [2.75, 3.05) is 0 Å². The number of hydrogen-bond donors (Lipinski definition) is 1. The molecule has 78 valence electrons. The standard InChI is InChI=1S/C13H20O/c1-10(2)9-13(3,4)11-5-7-12(14)8-6-11/h5-8,10,14H,9H2,1-4H3. The van der Waals surface area contributed by atoms with Crippen molar-refractivity contribution in [2.24, 2.45) is 5.92 Å². The molecule has 1 nitrogen and oxygen atoms in total. The SMILES string of the molecule is CC(C)CC(C)(C)c1ccc(O)cc1. The van der Waals surface area contributed by atoms with Gasteiger partial charge in [-0.15, -0.1) is 0 Å². The van der Waals surface area contributed by atoms with Crippen LogP contribution in [0.25, 0.3) is 0 Å². The maximum atomic E-state index is 9.20. The largest absolute Gasteiger partial charge is 0.508 e. The van der Waals surface area contributed by atoms with Gasteiger partial charge in [0.25, 0.3) is 0 Å². The molecular formula is C13H20O. The van der Waals surface area contributed by atoms with Crippen molar-refractivity contribution in [1.29, 1.82) is 0 Å². The zero-order chi connectivity index (χ0) is 10.8. The van der Waals surface area contributed by atoms with Gasteiger partial charge in [0.1, 0.15) is 5.75 Å². The molecule has 0 aliphatic rings. The Balaban J connectivity index is 2.86. The maximum absolute atomic E-state index is 9.20. The van der Waals surface area contributed by atoms with Gasteiger partial charge in [-0.05, 0) is 35.4 Å². The molecule has 14 heavy (non-hydrogen) atoms. The molecule has 0 aliphatic carbocycles. The minimum absolute atomic E-state index is 0.196. The Morgan fingerprint density at radius 1 is 1.14 bits per heavy atom. The van der Waals surface area contributed by atoms with Gasteiger partial charge in [-0.1, -0.05) is 39.8 Å². The van der Waals surface area contributed by atoms with Crippen molar-refractivity contribution in [1.82, 2.24) is 0 Å². The number of benzene rings is 1. The molecule has 0 fully saturated rings. The first-order valence-electron chi connectivity index (χ1n) is 5.21. The molecule has 0 saturated carbocycles. The van der Waals surface area contributed by atoms with E-state index >= 15 is 0 Å². The molecule has 0 aliphatic heterocycles. The van der Waals surface area contributed by atoms with E-state index in [0.29, 0.717) is 11.7 Å². The zero-order valence-electron chi connectivity index (χ0n) is 9.54. The van der Waals surface area contributed by atoms with Crippen LogP contribution < -0.4 is 0 Å². The highest BCUT2D eigenvalue weighted by atomic mass is 16.3. The predicted octanol–water partition coefficient (Wildman–Crippen LogP) is 3.72. The van der Waals surface area contributed by atoms with Crippen LogP contribution in [0.5, 0.6) is 5.75 Å². The number of aromatic hydroxyl groups is 1. The molecule has 0 aromatic heterocycles. The first-order chi connectivity index (χ1) is 6.42. The third kappa shape index (κ3) is 2.76. The summed E-state index contributed by atoms with van der Waals surface area (Å²) in [6, 6.07) is 7.55. The zero-order valence-corrected chi connectivity index (χ0v) is 9.54. The van der Waals surface area contributed by atoms with E-state index < -0.39 is 0 Å². The van der Waals surface area contributed by atoms with E-state index in [1.807, 2.05) is 12.1 Å². The number of phenols is 1. The maximum Gasteiger partial charge on any atom is 0.115 e. The van der Waals surface area contributed by atoms with Crippen molar-refractivity contribution in [3.8, 4) is 5.75 Å². The van der Waals surface area contributed by atoms with Crippen molar-refractivity contribution < 1.29 is 5.11 Å². The molecular weight excluding hydrogens is 172 g/mol. The van der Waals surface area contributed by atoms with E-state index in [2.05, 4.69) is 27.7 Å². The van der Waals surface area contributed by atoms with Gasteiger partial charge < -0.3 is 5.11 Å². The lowest BCUT2D eigenvalue weighted by atomic mass is 9.78. The summed E-state index contributed by atoms with van der Waals surface area (Å²) in [5, 5.41) is 9.20. The summed E-state index contributed by atoms with van der Waals surface area (Å²) in [6.07, 6.45) is 1.16. The van der Waals surface area contributed by atoms with Gasteiger partial charge in [0.05, 0.1) is 0 Å². The van der Waals surface area contributed by atoms with Gasteiger partial charge in [0, 0.05) is 0 Å². The summed E-state index contributed by atoms with van der Waals surface area (Å²) in [5.74, 6) is 1.04. The van der Waals surface area contributed by atoms with E-state index in [1.165, 1.54) is 5.56 Å². The number of hydrogen-bond acceptors (Lipinski definition) is 1. The van der Waals surface area contributed by atoms with Crippen molar-refractivity contribution in [3.63, 3.8) is 0 Å². The van der Waals surface area contributed by atoms with Gasteiger partial charge in [-0.25, -0.2) is 0 Å². The Bertz CT molecular complexity index is 283. The van der Waals surface area contributed by atoms with Crippen LogP contribution in [0.1, 0.15) is 39.7 Å². The quantitative estimate of drug-likeness (QED) is 0.774. The van der Waals surface area contributed by atoms with E-state index in [9.17, 15) is 5.11 Å². The molecule has 1 aromatic carbocycles. The van der Waals surface area contributed by atoms with Gasteiger partial charge in [0.15, 0.2) is 0 Å². The van der Waals surface area contributed by atoms with Crippen molar-refractivity contribution in [2.45, 2.75) is 39.5 Å².